The number of likely N-dealkylation sites (tertiary alicyclic amines) is 1. The summed E-state index contributed by atoms with van der Waals surface area (Å²) in [7, 11) is 0. The van der Waals surface area contributed by atoms with Crippen molar-refractivity contribution in [3.63, 3.8) is 0 Å². The minimum Gasteiger partial charge on any atom is -0.313 e. The predicted molar refractivity (Wildman–Crippen MR) is 86.7 cm³/mol. The van der Waals surface area contributed by atoms with E-state index in [1.807, 2.05) is 12.1 Å². The first-order valence-corrected chi connectivity index (χ1v) is 8.26. The Morgan fingerprint density at radius 1 is 1.24 bits per heavy atom. The minimum absolute atomic E-state index is 0.0703. The molecule has 0 aromatic heterocycles. The normalized spacial score (nSPS) is 18.9. The van der Waals surface area contributed by atoms with Crippen LogP contribution in [0.4, 0.5) is 4.39 Å². The fraction of sp³-hybridized carbons (Fsp3) is 0.667. The zero-order valence-corrected chi connectivity index (χ0v) is 13.7. The van der Waals surface area contributed by atoms with E-state index in [-0.39, 0.29) is 5.82 Å². The molecular weight excluding hydrogens is 263 g/mol. The van der Waals surface area contributed by atoms with Crippen molar-refractivity contribution in [3.8, 4) is 0 Å². The van der Waals surface area contributed by atoms with E-state index in [1.165, 1.54) is 24.8 Å². The van der Waals surface area contributed by atoms with E-state index in [9.17, 15) is 4.39 Å². The minimum atomic E-state index is -0.0703. The topological polar surface area (TPSA) is 15.3 Å². The quantitative estimate of drug-likeness (QED) is 0.854. The van der Waals surface area contributed by atoms with Crippen LogP contribution in [0, 0.1) is 11.2 Å². The first-order valence-electron chi connectivity index (χ1n) is 8.26. The fourth-order valence-corrected chi connectivity index (χ4v) is 2.97. The monoisotopic (exact) mass is 292 g/mol. The van der Waals surface area contributed by atoms with Gasteiger partial charge in [-0.25, -0.2) is 4.39 Å². The highest BCUT2D eigenvalue weighted by Gasteiger charge is 2.28. The van der Waals surface area contributed by atoms with Gasteiger partial charge in [-0.15, -0.1) is 0 Å². The molecule has 21 heavy (non-hydrogen) atoms. The highest BCUT2D eigenvalue weighted by molar-refractivity contribution is 5.25. The fourth-order valence-electron chi connectivity index (χ4n) is 2.97. The number of piperidine rings is 1. The Kier molecular flexibility index (Phi) is 5.77. The van der Waals surface area contributed by atoms with Gasteiger partial charge in [0.2, 0.25) is 0 Å². The summed E-state index contributed by atoms with van der Waals surface area (Å²) < 4.78 is 14.0. The summed E-state index contributed by atoms with van der Waals surface area (Å²) in [6, 6.07) is 5.51. The summed E-state index contributed by atoms with van der Waals surface area (Å²) in [4.78, 5) is 2.40. The Bertz CT molecular complexity index is 451. The molecule has 0 spiro atoms. The molecule has 2 rings (SSSR count). The highest BCUT2D eigenvalue weighted by atomic mass is 19.1. The van der Waals surface area contributed by atoms with Gasteiger partial charge in [0.1, 0.15) is 5.82 Å². The second-order valence-corrected chi connectivity index (χ2v) is 6.65. The molecule has 1 aliphatic heterocycles. The van der Waals surface area contributed by atoms with E-state index in [4.69, 9.17) is 0 Å². The van der Waals surface area contributed by atoms with E-state index in [2.05, 4.69) is 31.0 Å². The lowest BCUT2D eigenvalue weighted by atomic mass is 9.78. The zero-order chi connectivity index (χ0) is 15.3. The van der Waals surface area contributed by atoms with Crippen LogP contribution in [0.3, 0.4) is 0 Å². The summed E-state index contributed by atoms with van der Waals surface area (Å²) in [6.07, 6.45) is 3.69. The smallest absolute Gasteiger partial charge is 0.127 e. The first kappa shape index (κ1) is 16.4. The Hall–Kier alpha value is -0.930. The van der Waals surface area contributed by atoms with Crippen LogP contribution in [-0.2, 0) is 13.1 Å². The number of hydrogen-bond acceptors (Lipinski definition) is 2. The van der Waals surface area contributed by atoms with Crippen molar-refractivity contribution in [2.45, 2.75) is 53.1 Å². The van der Waals surface area contributed by atoms with Gasteiger partial charge >= 0.3 is 0 Å². The van der Waals surface area contributed by atoms with Gasteiger partial charge in [0.15, 0.2) is 0 Å². The average molecular weight is 292 g/mol. The molecule has 1 aromatic carbocycles. The van der Waals surface area contributed by atoms with Gasteiger partial charge in [0, 0.05) is 18.7 Å². The van der Waals surface area contributed by atoms with Crippen LogP contribution >= 0.6 is 0 Å². The molecule has 0 amide bonds. The Balaban J connectivity index is 1.96. The lowest BCUT2D eigenvalue weighted by Crippen LogP contribution is -2.38. The second kappa shape index (κ2) is 7.37. The van der Waals surface area contributed by atoms with E-state index in [0.29, 0.717) is 5.41 Å². The van der Waals surface area contributed by atoms with Crippen molar-refractivity contribution in [1.82, 2.24) is 10.2 Å². The van der Waals surface area contributed by atoms with Crippen molar-refractivity contribution < 1.29 is 4.39 Å². The number of nitrogens with zero attached hydrogens (tertiary/aromatic N) is 1. The van der Waals surface area contributed by atoms with Gasteiger partial charge in [-0.05, 0) is 49.5 Å². The number of halogens is 1. The average Bonchev–Trinajstić information content (AvgIpc) is 2.50. The molecule has 3 heteroatoms. The van der Waals surface area contributed by atoms with Crippen LogP contribution in [0.25, 0.3) is 0 Å². The molecule has 1 fully saturated rings. The van der Waals surface area contributed by atoms with Crippen LogP contribution in [0.5, 0.6) is 0 Å². The van der Waals surface area contributed by atoms with Crippen LogP contribution in [0.2, 0.25) is 0 Å². The van der Waals surface area contributed by atoms with Gasteiger partial charge < -0.3 is 5.32 Å². The lowest BCUT2D eigenvalue weighted by Gasteiger charge is -2.39. The molecule has 1 N–H and O–H groups in total. The third kappa shape index (κ3) is 4.52. The van der Waals surface area contributed by atoms with Crippen LogP contribution in [0.15, 0.2) is 18.2 Å². The molecule has 0 radical (unpaired) electrons. The summed E-state index contributed by atoms with van der Waals surface area (Å²) in [5, 5.41) is 3.30. The Morgan fingerprint density at radius 3 is 2.57 bits per heavy atom. The van der Waals surface area contributed by atoms with Crippen LogP contribution in [-0.4, -0.2) is 24.5 Å². The number of hydrogen-bond donors (Lipinski definition) is 1. The van der Waals surface area contributed by atoms with Gasteiger partial charge in [0.05, 0.1) is 0 Å². The molecule has 2 nitrogen and oxygen atoms in total. The number of rotatable bonds is 6. The van der Waals surface area contributed by atoms with E-state index >= 15 is 0 Å². The number of benzene rings is 1. The molecule has 0 atom stereocenters. The number of nitrogens with one attached hydrogen (secondary N) is 1. The van der Waals surface area contributed by atoms with E-state index in [0.717, 1.165) is 38.3 Å². The molecule has 1 aromatic rings. The third-order valence-electron chi connectivity index (χ3n) is 5.00. The standard InChI is InChI=1S/C18H29FN2/c1-4-18(3)8-10-21(11-9-18)14-16-12-15(13-20-5-2)6-7-17(16)19/h6-7,12,20H,4-5,8-11,13-14H2,1-3H3. The van der Waals surface area contributed by atoms with Crippen molar-refractivity contribution in [1.29, 1.82) is 0 Å². The molecule has 0 aliphatic carbocycles. The summed E-state index contributed by atoms with van der Waals surface area (Å²) >= 11 is 0. The molecule has 0 bridgehead atoms. The molecule has 118 valence electrons. The van der Waals surface area contributed by atoms with E-state index in [1.54, 1.807) is 6.07 Å². The summed E-state index contributed by atoms with van der Waals surface area (Å²) in [5.74, 6) is -0.0703. The maximum Gasteiger partial charge on any atom is 0.127 e. The van der Waals surface area contributed by atoms with Crippen molar-refractivity contribution in [3.05, 3.63) is 35.1 Å². The maximum atomic E-state index is 14.0. The van der Waals surface area contributed by atoms with Crippen LogP contribution in [0.1, 0.15) is 51.2 Å². The van der Waals surface area contributed by atoms with Crippen LogP contribution < -0.4 is 5.32 Å². The summed E-state index contributed by atoms with van der Waals surface area (Å²) in [5.41, 5.74) is 2.50. The second-order valence-electron chi connectivity index (χ2n) is 6.65. The molecule has 1 heterocycles. The predicted octanol–water partition coefficient (Wildman–Crippen LogP) is 3.95. The van der Waals surface area contributed by atoms with Gasteiger partial charge in [-0.3, -0.25) is 4.90 Å². The van der Waals surface area contributed by atoms with Gasteiger partial charge in [-0.2, -0.15) is 0 Å². The van der Waals surface area contributed by atoms with Gasteiger partial charge in [0.25, 0.3) is 0 Å². The third-order valence-corrected chi connectivity index (χ3v) is 5.00. The first-order chi connectivity index (χ1) is 10.1. The Morgan fingerprint density at radius 2 is 1.95 bits per heavy atom. The molecule has 0 saturated carbocycles. The largest absolute Gasteiger partial charge is 0.313 e. The van der Waals surface area contributed by atoms with Gasteiger partial charge in [-0.1, -0.05) is 39.3 Å². The van der Waals surface area contributed by atoms with E-state index < -0.39 is 0 Å². The van der Waals surface area contributed by atoms with Crippen molar-refractivity contribution in [2.75, 3.05) is 19.6 Å². The van der Waals surface area contributed by atoms with Crippen molar-refractivity contribution >= 4 is 0 Å². The maximum absolute atomic E-state index is 14.0. The molecular formula is C18H29FN2. The summed E-state index contributed by atoms with van der Waals surface area (Å²) in [6.45, 7) is 11.4. The van der Waals surface area contributed by atoms with Crippen molar-refractivity contribution in [2.24, 2.45) is 5.41 Å². The Labute approximate surface area is 128 Å². The lowest BCUT2D eigenvalue weighted by molar-refractivity contribution is 0.109. The zero-order valence-electron chi connectivity index (χ0n) is 13.7. The molecule has 0 unspecified atom stereocenters. The molecule has 1 saturated heterocycles. The highest BCUT2D eigenvalue weighted by Crippen LogP contribution is 2.34. The molecule has 1 aliphatic rings. The SMILES string of the molecule is CCNCc1ccc(F)c(CN2CCC(C)(CC)CC2)c1.